The van der Waals surface area contributed by atoms with Gasteiger partial charge in [-0.15, -0.1) is 0 Å². The first-order chi connectivity index (χ1) is 6.56. The van der Waals surface area contributed by atoms with Crippen molar-refractivity contribution in [2.75, 3.05) is 13.7 Å². The van der Waals surface area contributed by atoms with Crippen LogP contribution in [0.3, 0.4) is 0 Å². The van der Waals surface area contributed by atoms with Crippen LogP contribution in [0.5, 0.6) is 0 Å². The van der Waals surface area contributed by atoms with Crippen LogP contribution in [-0.2, 0) is 10.3 Å². The van der Waals surface area contributed by atoms with E-state index in [9.17, 15) is 0 Å². The molecule has 0 atom stereocenters. The van der Waals surface area contributed by atoms with Gasteiger partial charge in [-0.1, -0.05) is 13.8 Å². The molecule has 1 aromatic heterocycles. The van der Waals surface area contributed by atoms with Crippen LogP contribution in [0.15, 0.2) is 12.4 Å². The summed E-state index contributed by atoms with van der Waals surface area (Å²) in [5.74, 6) is 0. The molecule has 14 heavy (non-hydrogen) atoms. The van der Waals surface area contributed by atoms with E-state index in [2.05, 4.69) is 18.9 Å². The fraction of sp³-hybridized carbons (Fsp3) is 0.727. The van der Waals surface area contributed by atoms with E-state index in [0.29, 0.717) is 6.61 Å². The summed E-state index contributed by atoms with van der Waals surface area (Å²) in [4.78, 5) is 0. The lowest BCUT2D eigenvalue weighted by atomic mass is 10.1. The minimum Gasteiger partial charge on any atom is -0.382 e. The van der Waals surface area contributed by atoms with E-state index in [1.165, 1.54) is 5.56 Å². The highest BCUT2D eigenvalue weighted by Crippen LogP contribution is 2.14. The van der Waals surface area contributed by atoms with Crippen molar-refractivity contribution < 1.29 is 4.74 Å². The highest BCUT2D eigenvalue weighted by atomic mass is 16.5. The Bertz CT molecular complexity index is 254. The Morgan fingerprint density at radius 2 is 2.00 bits per heavy atom. The summed E-state index contributed by atoms with van der Waals surface area (Å²) in [7, 11) is 1.71. The highest BCUT2D eigenvalue weighted by molar-refractivity contribution is 5.01. The Balaban J connectivity index is 0.000000791. The molecule has 0 aliphatic carbocycles. The average Bonchev–Trinajstić information content (AvgIpc) is 2.56. The van der Waals surface area contributed by atoms with Crippen LogP contribution in [0, 0.1) is 6.92 Å². The van der Waals surface area contributed by atoms with Gasteiger partial charge in [0.1, 0.15) is 0 Å². The summed E-state index contributed by atoms with van der Waals surface area (Å²) < 4.78 is 7.05. The van der Waals surface area contributed by atoms with Crippen LogP contribution in [0.1, 0.15) is 33.3 Å². The Morgan fingerprint density at radius 3 is 2.36 bits per heavy atom. The predicted molar refractivity (Wildman–Crippen MR) is 59.5 cm³/mol. The van der Waals surface area contributed by atoms with Crippen molar-refractivity contribution in [1.29, 1.82) is 0 Å². The van der Waals surface area contributed by atoms with Crippen molar-refractivity contribution in [3.05, 3.63) is 18.0 Å². The van der Waals surface area contributed by atoms with E-state index >= 15 is 0 Å². The molecule has 1 heterocycles. The van der Waals surface area contributed by atoms with Crippen molar-refractivity contribution in [2.45, 2.75) is 40.2 Å². The Morgan fingerprint density at radius 1 is 1.43 bits per heavy atom. The molecule has 0 N–H and O–H groups in total. The molecular weight excluding hydrogens is 176 g/mol. The summed E-state index contributed by atoms with van der Waals surface area (Å²) in [5, 5.41) is 4.24. The summed E-state index contributed by atoms with van der Waals surface area (Å²) in [6.45, 7) is 10.9. The van der Waals surface area contributed by atoms with Crippen molar-refractivity contribution in [2.24, 2.45) is 0 Å². The number of aryl methyl sites for hydroxylation is 1. The van der Waals surface area contributed by atoms with Crippen molar-refractivity contribution >= 4 is 0 Å². The van der Waals surface area contributed by atoms with Crippen molar-refractivity contribution in [3.8, 4) is 0 Å². The van der Waals surface area contributed by atoms with Gasteiger partial charge in [0.05, 0.1) is 18.3 Å². The number of ether oxygens (including phenoxy) is 1. The second-order valence-corrected chi connectivity index (χ2v) is 3.71. The van der Waals surface area contributed by atoms with Gasteiger partial charge in [0.25, 0.3) is 0 Å². The fourth-order valence-corrected chi connectivity index (χ4v) is 1.16. The van der Waals surface area contributed by atoms with Gasteiger partial charge >= 0.3 is 0 Å². The molecule has 0 aliphatic rings. The first-order valence-corrected chi connectivity index (χ1v) is 5.07. The van der Waals surface area contributed by atoms with Gasteiger partial charge in [-0.05, 0) is 26.3 Å². The standard InChI is InChI=1S/C9H16N2O.C2H6/c1-8-5-10-11(6-8)9(2,3)7-12-4;1-2/h5-6H,7H2,1-4H3;1-2H3. The van der Waals surface area contributed by atoms with E-state index in [1.807, 2.05) is 37.8 Å². The molecule has 0 bridgehead atoms. The second kappa shape index (κ2) is 5.81. The highest BCUT2D eigenvalue weighted by Gasteiger charge is 2.20. The van der Waals surface area contributed by atoms with Gasteiger partial charge < -0.3 is 4.74 Å². The zero-order valence-corrected chi connectivity index (χ0v) is 10.2. The number of aromatic nitrogens is 2. The van der Waals surface area contributed by atoms with Gasteiger partial charge in [0.15, 0.2) is 0 Å². The maximum atomic E-state index is 5.11. The molecule has 0 saturated heterocycles. The lowest BCUT2D eigenvalue weighted by Crippen LogP contribution is -2.31. The Kier molecular flexibility index (Phi) is 5.46. The monoisotopic (exact) mass is 198 g/mol. The zero-order chi connectivity index (χ0) is 11.2. The summed E-state index contributed by atoms with van der Waals surface area (Å²) >= 11 is 0. The third kappa shape index (κ3) is 3.50. The fourth-order valence-electron chi connectivity index (χ4n) is 1.16. The number of hydrogen-bond acceptors (Lipinski definition) is 2. The molecule has 0 spiro atoms. The molecule has 0 fully saturated rings. The van der Waals surface area contributed by atoms with Gasteiger partial charge in [0, 0.05) is 13.3 Å². The molecule has 0 aromatic carbocycles. The molecule has 3 heteroatoms. The van der Waals surface area contributed by atoms with E-state index in [-0.39, 0.29) is 5.54 Å². The molecule has 1 rings (SSSR count). The second-order valence-electron chi connectivity index (χ2n) is 3.71. The zero-order valence-electron chi connectivity index (χ0n) is 10.2. The minimum atomic E-state index is -0.0526. The average molecular weight is 198 g/mol. The van der Waals surface area contributed by atoms with E-state index < -0.39 is 0 Å². The van der Waals surface area contributed by atoms with Crippen LogP contribution in [0.2, 0.25) is 0 Å². The number of nitrogens with zero attached hydrogens (tertiary/aromatic N) is 2. The molecule has 3 nitrogen and oxygen atoms in total. The largest absolute Gasteiger partial charge is 0.382 e. The first-order valence-electron chi connectivity index (χ1n) is 5.07. The van der Waals surface area contributed by atoms with Crippen LogP contribution >= 0.6 is 0 Å². The van der Waals surface area contributed by atoms with Crippen LogP contribution in [0.25, 0.3) is 0 Å². The third-order valence-electron chi connectivity index (χ3n) is 1.83. The quantitative estimate of drug-likeness (QED) is 0.746. The third-order valence-corrected chi connectivity index (χ3v) is 1.83. The molecule has 1 aromatic rings. The number of rotatable bonds is 3. The Labute approximate surface area is 87.1 Å². The summed E-state index contributed by atoms with van der Waals surface area (Å²) in [5.41, 5.74) is 1.13. The van der Waals surface area contributed by atoms with Gasteiger partial charge in [-0.2, -0.15) is 5.10 Å². The number of hydrogen-bond donors (Lipinski definition) is 0. The number of methoxy groups -OCH3 is 1. The lowest BCUT2D eigenvalue weighted by molar-refractivity contribution is 0.101. The first kappa shape index (κ1) is 13.2. The predicted octanol–water partition coefficient (Wildman–Crippen LogP) is 2.60. The van der Waals surface area contributed by atoms with Crippen molar-refractivity contribution in [1.82, 2.24) is 9.78 Å². The van der Waals surface area contributed by atoms with Crippen LogP contribution in [-0.4, -0.2) is 23.5 Å². The molecular formula is C11H22N2O. The van der Waals surface area contributed by atoms with Crippen LogP contribution in [0.4, 0.5) is 0 Å². The van der Waals surface area contributed by atoms with Crippen molar-refractivity contribution in [3.63, 3.8) is 0 Å². The van der Waals surface area contributed by atoms with Gasteiger partial charge in [0.2, 0.25) is 0 Å². The van der Waals surface area contributed by atoms with E-state index in [1.54, 1.807) is 7.11 Å². The molecule has 82 valence electrons. The molecule has 0 saturated carbocycles. The molecule has 0 aliphatic heterocycles. The maximum absolute atomic E-state index is 5.11. The van der Waals surface area contributed by atoms with Crippen LogP contribution < -0.4 is 0 Å². The van der Waals surface area contributed by atoms with Gasteiger partial charge in [-0.3, -0.25) is 4.68 Å². The minimum absolute atomic E-state index is 0.0526. The topological polar surface area (TPSA) is 27.1 Å². The van der Waals surface area contributed by atoms with Gasteiger partial charge in [-0.25, -0.2) is 0 Å². The van der Waals surface area contributed by atoms with E-state index in [4.69, 9.17) is 4.74 Å². The molecule has 0 amide bonds. The lowest BCUT2D eigenvalue weighted by Gasteiger charge is -2.24. The normalized spacial score (nSPS) is 10.7. The SMILES string of the molecule is CC.COCC(C)(C)n1cc(C)cn1. The Hall–Kier alpha value is -0.830. The molecule has 0 unspecified atom stereocenters. The summed E-state index contributed by atoms with van der Waals surface area (Å²) in [6.07, 6.45) is 3.89. The smallest absolute Gasteiger partial charge is 0.0803 e. The summed E-state index contributed by atoms with van der Waals surface area (Å²) in [6, 6.07) is 0. The maximum Gasteiger partial charge on any atom is 0.0803 e. The molecule has 0 radical (unpaired) electrons. The van der Waals surface area contributed by atoms with E-state index in [0.717, 1.165) is 0 Å².